The Kier molecular flexibility index (Phi) is 2.75. The maximum absolute atomic E-state index is 9.91. The average Bonchev–Trinajstić information content (AvgIpc) is 3.77. The highest BCUT2D eigenvalue weighted by atomic mass is 16.3. The zero-order valence-corrected chi connectivity index (χ0v) is 24.1. The van der Waals surface area contributed by atoms with E-state index in [0.29, 0.717) is 21.9 Å². The maximum Gasteiger partial charge on any atom is 0.136 e. The van der Waals surface area contributed by atoms with Crippen molar-refractivity contribution in [1.82, 2.24) is 0 Å². The van der Waals surface area contributed by atoms with Crippen LogP contribution in [0.3, 0.4) is 0 Å². The minimum atomic E-state index is -3.16. The highest BCUT2D eigenvalue weighted by Gasteiger charge is 2.35. The van der Waals surface area contributed by atoms with Crippen molar-refractivity contribution in [1.29, 1.82) is 0 Å². The molecule has 1 unspecified atom stereocenters. The molecule has 1 heterocycles. The number of hydrogen-bond donors (Lipinski definition) is 0. The van der Waals surface area contributed by atoms with Crippen LogP contribution in [-0.4, -0.2) is 0 Å². The molecule has 0 fully saturated rings. The van der Waals surface area contributed by atoms with Gasteiger partial charge in [-0.15, -0.1) is 0 Å². The topological polar surface area (TPSA) is 13.1 Å². The first-order valence-corrected chi connectivity index (χ1v) is 14.6. The highest BCUT2D eigenvalue weighted by Crippen LogP contribution is 2.51. The van der Waals surface area contributed by atoms with E-state index in [1.54, 1.807) is 18.2 Å². The predicted molar refractivity (Wildman–Crippen MR) is 195 cm³/mol. The number of rotatable bonds is 2. The highest BCUT2D eigenvalue weighted by molar-refractivity contribution is 6.22. The Morgan fingerprint density at radius 3 is 1.87 bits per heavy atom. The van der Waals surface area contributed by atoms with E-state index in [1.807, 2.05) is 36.4 Å². The van der Waals surface area contributed by atoms with E-state index in [2.05, 4.69) is 0 Å². The van der Waals surface area contributed by atoms with Crippen LogP contribution >= 0.6 is 0 Å². The molecule has 46 heavy (non-hydrogen) atoms. The van der Waals surface area contributed by atoms with Crippen molar-refractivity contribution in [2.45, 2.75) is 19.2 Å². The van der Waals surface area contributed by atoms with Gasteiger partial charge in [-0.25, -0.2) is 0 Å². The Labute approximate surface area is 292 Å². The monoisotopic (exact) mass is 604 g/mol. The largest absolute Gasteiger partial charge is 0.456 e. The Morgan fingerprint density at radius 2 is 1.15 bits per heavy atom. The van der Waals surface area contributed by atoms with E-state index >= 15 is 0 Å². The lowest BCUT2D eigenvalue weighted by Crippen LogP contribution is -2.14. The molecule has 0 amide bonds. The summed E-state index contributed by atoms with van der Waals surface area (Å²) in [6, 6.07) is 5.54. The van der Waals surface area contributed by atoms with Crippen LogP contribution in [-0.2, 0) is 5.41 Å². The lowest BCUT2D eigenvalue weighted by Gasteiger charge is -2.23. The molecular formula is C45H30O. The van der Waals surface area contributed by atoms with Gasteiger partial charge in [0.25, 0.3) is 0 Å². The molecule has 8 aromatic carbocycles. The lowest BCUT2D eigenvalue weighted by molar-refractivity contribution is 0.660. The quantitative estimate of drug-likeness (QED) is 0.179. The molecule has 1 nitrogen and oxygen atoms in total. The van der Waals surface area contributed by atoms with Crippen LogP contribution in [0.5, 0.6) is 0 Å². The van der Waals surface area contributed by atoms with Crippen LogP contribution in [0.25, 0.3) is 87.6 Å². The molecule has 0 N–H and O–H groups in total. The number of hydrogen-bond acceptors (Lipinski definition) is 1. The smallest absolute Gasteiger partial charge is 0.136 e. The fraction of sp³-hybridized carbons (Fsp3) is 0.0667. The van der Waals surface area contributed by atoms with Crippen molar-refractivity contribution in [3.05, 3.63) is 156 Å². The minimum absolute atomic E-state index is 0.0292. The van der Waals surface area contributed by atoms with Crippen molar-refractivity contribution in [2.24, 2.45) is 0 Å². The Hall–Kier alpha value is -5.66. The third-order valence-electron chi connectivity index (χ3n) is 9.00. The molecule has 216 valence electrons. The molecule has 1 aliphatic carbocycles. The van der Waals surface area contributed by atoms with Crippen LogP contribution in [0.15, 0.2) is 150 Å². The summed E-state index contributed by atoms with van der Waals surface area (Å²) in [6.07, 6.45) is 0. The SMILES string of the molecule is [2H]c1c([2H])c([2H])c2c(c1[2H])-c1c([2H])c([2H])c(-c3c4c([2H])c([2H])c([2H])c([2H])c4c(-c4ccc5oc6cc7ccccc7cc6c5c4)c4c([2H])c([2H])c([2H])c([2H])c34)c([2H])c1C2(C)C([2H])([2H])[2H]. The molecule has 0 spiro atoms. The molecule has 1 heteroatoms. The van der Waals surface area contributed by atoms with Gasteiger partial charge in [-0.3, -0.25) is 0 Å². The average molecular weight is 605 g/mol. The first kappa shape index (κ1) is 13.8. The molecule has 0 radical (unpaired) electrons. The van der Waals surface area contributed by atoms with Crippen molar-refractivity contribution in [2.75, 3.05) is 0 Å². The zero-order chi connectivity index (χ0) is 46.1. The Morgan fingerprint density at radius 1 is 0.543 bits per heavy atom. The predicted octanol–water partition coefficient (Wildman–Crippen LogP) is 12.7. The van der Waals surface area contributed by atoms with Crippen molar-refractivity contribution >= 4 is 54.3 Å². The third kappa shape index (κ3) is 3.46. The van der Waals surface area contributed by atoms with Crippen LogP contribution in [0.2, 0.25) is 0 Å². The molecular weight excluding hydrogens is 556 g/mol. The normalized spacial score (nSPS) is 21.5. The van der Waals surface area contributed by atoms with Gasteiger partial charge in [-0.2, -0.15) is 0 Å². The molecule has 1 atom stereocenters. The van der Waals surface area contributed by atoms with Gasteiger partial charge in [0.1, 0.15) is 11.2 Å². The molecule has 9 aromatic rings. The fourth-order valence-electron chi connectivity index (χ4n) is 6.88. The summed E-state index contributed by atoms with van der Waals surface area (Å²) in [7, 11) is 0. The van der Waals surface area contributed by atoms with Crippen molar-refractivity contribution in [3.63, 3.8) is 0 Å². The number of fused-ring (bicyclic) bond motifs is 9. The standard InChI is InChI=1S/C45H30O/c1-45(2)39-18-10-9-13-31(39)32-21-19-30(25-40(32)45)44-35-16-7-5-14-33(35)43(34-15-6-8-17-36(34)44)29-20-22-41-37(24-29)38-23-27-11-3-4-12-28(27)26-42(38)46-41/h3-26H,1-2H3/i1D3,5D,6D,7D,8D,9D,10D,13D,14D,15D,16D,17D,18D,19D,21D,25D. The lowest BCUT2D eigenvalue weighted by atomic mass is 9.80. The van der Waals surface area contributed by atoms with Crippen LogP contribution < -0.4 is 0 Å². The van der Waals surface area contributed by atoms with Crippen LogP contribution in [0.1, 0.15) is 49.6 Å². The van der Waals surface area contributed by atoms with E-state index in [1.165, 1.54) is 0 Å². The second-order valence-corrected chi connectivity index (χ2v) is 11.6. The molecule has 0 saturated heterocycles. The zero-order valence-electron chi connectivity index (χ0n) is 42.1. The molecule has 0 bridgehead atoms. The molecule has 0 aliphatic heterocycles. The van der Waals surface area contributed by atoms with Crippen molar-refractivity contribution < 1.29 is 29.1 Å². The number of furan rings is 1. The van der Waals surface area contributed by atoms with Gasteiger partial charge in [-0.1, -0.05) is 129 Å². The summed E-state index contributed by atoms with van der Waals surface area (Å²) in [5.41, 5.74) is -3.88. The van der Waals surface area contributed by atoms with Gasteiger partial charge < -0.3 is 4.42 Å². The van der Waals surface area contributed by atoms with Gasteiger partial charge >= 0.3 is 0 Å². The van der Waals surface area contributed by atoms with Gasteiger partial charge in [0, 0.05) is 20.3 Å². The number of benzene rings is 8. The van der Waals surface area contributed by atoms with Gasteiger partial charge in [0.15, 0.2) is 0 Å². The molecule has 1 aromatic heterocycles. The summed E-state index contributed by atoms with van der Waals surface area (Å²) in [5, 5.41) is 1.86. The Balaban J connectivity index is 1.44. The van der Waals surface area contributed by atoms with E-state index in [0.717, 1.165) is 17.7 Å². The van der Waals surface area contributed by atoms with E-state index in [4.69, 9.17) is 19.5 Å². The van der Waals surface area contributed by atoms with E-state index in [9.17, 15) is 9.60 Å². The molecule has 0 saturated carbocycles. The summed E-state index contributed by atoms with van der Waals surface area (Å²) in [5.74, 6) is 0. The first-order chi connectivity index (χ1) is 30.1. The van der Waals surface area contributed by atoms with Crippen LogP contribution in [0.4, 0.5) is 0 Å². The summed E-state index contributed by atoms with van der Waals surface area (Å²) >= 11 is 0. The minimum Gasteiger partial charge on any atom is -0.456 e. The van der Waals surface area contributed by atoms with Crippen molar-refractivity contribution in [3.8, 4) is 33.4 Å². The Bertz CT molecular complexity index is 3600. The van der Waals surface area contributed by atoms with Gasteiger partial charge in [0.2, 0.25) is 0 Å². The summed E-state index contributed by atoms with van der Waals surface area (Å²) < 4.78 is 169. The summed E-state index contributed by atoms with van der Waals surface area (Å²) in [4.78, 5) is 0. The second-order valence-electron chi connectivity index (χ2n) is 11.6. The first-order valence-electron chi connectivity index (χ1n) is 23.6. The molecule has 10 rings (SSSR count). The second kappa shape index (κ2) is 9.19. The fourth-order valence-corrected chi connectivity index (χ4v) is 6.88. The third-order valence-corrected chi connectivity index (χ3v) is 9.00. The van der Waals surface area contributed by atoms with Gasteiger partial charge in [-0.05, 0) is 107 Å². The van der Waals surface area contributed by atoms with E-state index in [-0.39, 0.29) is 38.2 Å². The maximum atomic E-state index is 9.91. The van der Waals surface area contributed by atoms with E-state index < -0.39 is 131 Å². The van der Waals surface area contributed by atoms with Gasteiger partial charge in [0.05, 0.1) is 20.6 Å². The van der Waals surface area contributed by atoms with Crippen LogP contribution in [0, 0.1) is 0 Å². The molecule has 1 aliphatic rings. The summed E-state index contributed by atoms with van der Waals surface area (Å²) in [6.45, 7) is -2.00.